The molecule has 2 rings (SSSR count). The highest BCUT2D eigenvalue weighted by Gasteiger charge is 2.66. The van der Waals surface area contributed by atoms with E-state index in [4.69, 9.17) is 28.4 Å². The summed E-state index contributed by atoms with van der Waals surface area (Å²) in [6.45, 7) is 5.19. The van der Waals surface area contributed by atoms with E-state index >= 15 is 0 Å². The summed E-state index contributed by atoms with van der Waals surface area (Å²) in [4.78, 5) is 61.4. The van der Waals surface area contributed by atoms with Gasteiger partial charge in [-0.05, 0) is 12.0 Å². The van der Waals surface area contributed by atoms with Gasteiger partial charge in [0.15, 0.2) is 18.3 Å². The Morgan fingerprint density at radius 1 is 0.850 bits per heavy atom. The number of hydrogen-bond acceptors (Lipinski definition) is 12. The minimum atomic E-state index is -2.40. The molecule has 13 heteroatoms. The molecule has 1 aromatic carbocycles. The quantitative estimate of drug-likeness (QED) is 0.215. The molecule has 1 aromatic rings. The van der Waals surface area contributed by atoms with E-state index in [1.165, 1.54) is 0 Å². The average Bonchev–Trinajstić information content (AvgIpc) is 2.86. The second-order valence-electron chi connectivity index (χ2n) is 9.39. The number of amides is 1. The highest BCUT2D eigenvalue weighted by Crippen LogP contribution is 2.42. The SMILES string of the molecule is CCCCC[C@@]1(O)O[C@@](COC(C)=O)(NC(=O)OCc2ccccc2)[C@H](OC(C)=O)[C@H](OC(C)=O)[C@H]1OC(C)=O. The Morgan fingerprint density at radius 3 is 2.00 bits per heavy atom. The van der Waals surface area contributed by atoms with Gasteiger partial charge in [-0.25, -0.2) is 4.79 Å². The van der Waals surface area contributed by atoms with Gasteiger partial charge in [0.1, 0.15) is 13.2 Å². The molecule has 40 heavy (non-hydrogen) atoms. The third-order valence-corrected chi connectivity index (χ3v) is 5.90. The van der Waals surface area contributed by atoms with Crippen LogP contribution in [0.25, 0.3) is 0 Å². The number of unbranched alkanes of at least 4 members (excludes halogenated alkanes) is 2. The topological polar surface area (TPSA) is 173 Å². The summed E-state index contributed by atoms with van der Waals surface area (Å²) in [5.41, 5.74) is -1.69. The van der Waals surface area contributed by atoms with Gasteiger partial charge in [0.2, 0.25) is 11.5 Å². The molecule has 0 aliphatic carbocycles. The zero-order valence-corrected chi connectivity index (χ0v) is 23.3. The smallest absolute Gasteiger partial charge is 0.409 e. The van der Waals surface area contributed by atoms with Crippen LogP contribution in [0.4, 0.5) is 4.79 Å². The van der Waals surface area contributed by atoms with Gasteiger partial charge in [-0.15, -0.1) is 0 Å². The normalized spacial score (nSPS) is 25.7. The van der Waals surface area contributed by atoms with E-state index in [1.54, 1.807) is 30.3 Å². The van der Waals surface area contributed by atoms with Gasteiger partial charge in [-0.2, -0.15) is 0 Å². The number of esters is 4. The maximum atomic E-state index is 13.1. The number of benzene rings is 1. The molecule has 0 bridgehead atoms. The van der Waals surface area contributed by atoms with Crippen LogP contribution in [0.15, 0.2) is 30.3 Å². The van der Waals surface area contributed by atoms with Crippen molar-refractivity contribution in [2.75, 3.05) is 6.61 Å². The average molecular weight is 568 g/mol. The van der Waals surface area contributed by atoms with Crippen molar-refractivity contribution in [3.05, 3.63) is 35.9 Å². The van der Waals surface area contributed by atoms with E-state index in [0.717, 1.165) is 34.1 Å². The molecule has 1 heterocycles. The number of rotatable bonds is 12. The largest absolute Gasteiger partial charge is 0.461 e. The fraction of sp³-hybridized carbons (Fsp3) is 0.593. The first kappa shape index (κ1) is 32.5. The zero-order chi connectivity index (χ0) is 29.9. The second kappa shape index (κ2) is 14.6. The maximum Gasteiger partial charge on any atom is 0.409 e. The summed E-state index contributed by atoms with van der Waals surface area (Å²) in [7, 11) is 0. The Balaban J connectivity index is 2.63. The monoisotopic (exact) mass is 567 g/mol. The van der Waals surface area contributed by atoms with Crippen LogP contribution in [-0.4, -0.2) is 71.5 Å². The standard InChI is InChI=1S/C27H37NO12/c1-6-7-11-14-27(34)24(39-20(5)32)22(37-18(3)30)23(38-19(4)31)26(40-27,16-36-17(2)29)28-25(33)35-15-21-12-9-8-10-13-21/h8-10,12-13,22-24,34H,6-7,11,14-16H2,1-5H3,(H,28,33)/t22-,23+,24+,26+,27+/m0/s1. The number of hydrogen-bond donors (Lipinski definition) is 2. The molecule has 0 aromatic heterocycles. The molecular weight excluding hydrogens is 530 g/mol. The van der Waals surface area contributed by atoms with Gasteiger partial charge in [0.05, 0.1) is 0 Å². The van der Waals surface area contributed by atoms with Gasteiger partial charge in [0.25, 0.3) is 0 Å². The molecule has 0 unspecified atom stereocenters. The number of alkyl carbamates (subject to hydrolysis) is 1. The summed E-state index contributed by atoms with van der Waals surface area (Å²) in [5.74, 6) is -5.85. The summed E-state index contributed by atoms with van der Waals surface area (Å²) in [5, 5.41) is 14.2. The molecule has 1 saturated heterocycles. The molecule has 2 N–H and O–H groups in total. The Hall–Kier alpha value is -3.71. The predicted octanol–water partition coefficient (Wildman–Crippen LogP) is 2.27. The van der Waals surface area contributed by atoms with Gasteiger partial charge in [0, 0.05) is 34.1 Å². The lowest BCUT2D eigenvalue weighted by Crippen LogP contribution is -2.78. The lowest BCUT2D eigenvalue weighted by Gasteiger charge is -2.53. The number of carbonyl (C=O) groups excluding carboxylic acids is 5. The fourth-order valence-corrected chi connectivity index (χ4v) is 4.31. The fourth-order valence-electron chi connectivity index (χ4n) is 4.31. The van der Waals surface area contributed by atoms with Crippen molar-refractivity contribution in [2.24, 2.45) is 0 Å². The predicted molar refractivity (Wildman–Crippen MR) is 136 cm³/mol. The molecule has 0 radical (unpaired) electrons. The molecular formula is C27H37NO12. The van der Waals surface area contributed by atoms with Crippen LogP contribution in [0.5, 0.6) is 0 Å². The van der Waals surface area contributed by atoms with Gasteiger partial charge < -0.3 is 33.5 Å². The van der Waals surface area contributed by atoms with Crippen molar-refractivity contribution >= 4 is 30.0 Å². The highest BCUT2D eigenvalue weighted by molar-refractivity contribution is 5.71. The molecule has 5 atom stereocenters. The molecule has 0 saturated carbocycles. The first-order valence-corrected chi connectivity index (χ1v) is 12.9. The Bertz CT molecular complexity index is 1050. The molecule has 13 nitrogen and oxygen atoms in total. The second-order valence-corrected chi connectivity index (χ2v) is 9.39. The first-order chi connectivity index (χ1) is 18.8. The molecule has 222 valence electrons. The summed E-state index contributed by atoms with van der Waals surface area (Å²) in [6, 6.07) is 8.70. The van der Waals surface area contributed by atoms with Crippen molar-refractivity contribution in [3.8, 4) is 0 Å². The minimum absolute atomic E-state index is 0.161. The van der Waals surface area contributed by atoms with Gasteiger partial charge in [-0.3, -0.25) is 24.5 Å². The van der Waals surface area contributed by atoms with Crippen molar-refractivity contribution in [1.29, 1.82) is 0 Å². The number of nitrogens with one attached hydrogen (secondary N) is 1. The van der Waals surface area contributed by atoms with E-state index in [9.17, 15) is 29.1 Å². The Morgan fingerprint density at radius 2 is 1.45 bits per heavy atom. The summed E-state index contributed by atoms with van der Waals surface area (Å²) >= 11 is 0. The van der Waals surface area contributed by atoms with Crippen LogP contribution < -0.4 is 5.32 Å². The van der Waals surface area contributed by atoms with Crippen molar-refractivity contribution in [3.63, 3.8) is 0 Å². The minimum Gasteiger partial charge on any atom is -0.461 e. The molecule has 1 fully saturated rings. The molecule has 1 aliphatic heterocycles. The van der Waals surface area contributed by atoms with Gasteiger partial charge in [-0.1, -0.05) is 50.1 Å². The summed E-state index contributed by atoms with van der Waals surface area (Å²) in [6.07, 6.45) is -4.68. The van der Waals surface area contributed by atoms with Crippen LogP contribution in [0.2, 0.25) is 0 Å². The molecule has 1 aliphatic rings. The number of aliphatic hydroxyl groups is 1. The zero-order valence-electron chi connectivity index (χ0n) is 23.3. The van der Waals surface area contributed by atoms with E-state index in [1.807, 2.05) is 6.92 Å². The molecule has 0 spiro atoms. The van der Waals surface area contributed by atoms with Crippen molar-refractivity contribution in [1.82, 2.24) is 5.32 Å². The van der Waals surface area contributed by atoms with E-state index in [0.29, 0.717) is 18.4 Å². The number of carbonyl (C=O) groups is 5. The Labute approximate surface area is 232 Å². The van der Waals surface area contributed by atoms with Crippen LogP contribution in [-0.2, 0) is 54.2 Å². The van der Waals surface area contributed by atoms with Crippen LogP contribution in [0, 0.1) is 0 Å². The van der Waals surface area contributed by atoms with E-state index in [-0.39, 0.29) is 13.0 Å². The van der Waals surface area contributed by atoms with Gasteiger partial charge >= 0.3 is 30.0 Å². The third-order valence-electron chi connectivity index (χ3n) is 5.90. The third kappa shape index (κ3) is 9.19. The van der Waals surface area contributed by atoms with Crippen LogP contribution in [0.1, 0.15) is 65.9 Å². The number of ether oxygens (including phenoxy) is 6. The maximum absolute atomic E-state index is 13.1. The highest BCUT2D eigenvalue weighted by atomic mass is 16.7. The van der Waals surface area contributed by atoms with Crippen LogP contribution >= 0.6 is 0 Å². The van der Waals surface area contributed by atoms with E-state index in [2.05, 4.69) is 5.32 Å². The molecule has 1 amide bonds. The Kier molecular flexibility index (Phi) is 11.9. The summed E-state index contributed by atoms with van der Waals surface area (Å²) < 4.78 is 32.7. The van der Waals surface area contributed by atoms with Crippen molar-refractivity contribution in [2.45, 2.75) is 96.7 Å². The lowest BCUT2D eigenvalue weighted by molar-refractivity contribution is -0.389. The van der Waals surface area contributed by atoms with Crippen LogP contribution in [0.3, 0.4) is 0 Å². The van der Waals surface area contributed by atoms with Crippen molar-refractivity contribution < 1.29 is 57.5 Å². The lowest BCUT2D eigenvalue weighted by atomic mass is 9.85. The van der Waals surface area contributed by atoms with E-state index < -0.39 is 66.4 Å². The first-order valence-electron chi connectivity index (χ1n) is 12.9.